The number of anilines is 2. The Morgan fingerprint density at radius 1 is 0.926 bits per heavy atom. The molecule has 2 amide bonds. The zero-order valence-electron chi connectivity index (χ0n) is 15.5. The first-order valence-electron chi connectivity index (χ1n) is 8.47. The molecule has 0 saturated heterocycles. The Kier molecular flexibility index (Phi) is 6.88. The van der Waals surface area contributed by atoms with E-state index in [4.69, 9.17) is 4.74 Å². The Labute approximate surface area is 158 Å². The van der Waals surface area contributed by atoms with Crippen molar-refractivity contribution < 1.29 is 19.1 Å². The molecule has 0 unspecified atom stereocenters. The van der Waals surface area contributed by atoms with Gasteiger partial charge in [0.25, 0.3) is 5.91 Å². The van der Waals surface area contributed by atoms with E-state index < -0.39 is 18.0 Å². The van der Waals surface area contributed by atoms with Gasteiger partial charge >= 0.3 is 5.97 Å². The van der Waals surface area contributed by atoms with E-state index in [1.807, 2.05) is 31.2 Å². The highest BCUT2D eigenvalue weighted by atomic mass is 16.5. The van der Waals surface area contributed by atoms with Crippen molar-refractivity contribution in [3.63, 3.8) is 0 Å². The van der Waals surface area contributed by atoms with Crippen LogP contribution in [0.4, 0.5) is 11.4 Å². The van der Waals surface area contributed by atoms with Gasteiger partial charge in [0.05, 0.1) is 0 Å². The first-order chi connectivity index (χ1) is 12.8. The van der Waals surface area contributed by atoms with Crippen LogP contribution in [-0.4, -0.2) is 23.9 Å². The lowest BCUT2D eigenvalue weighted by Crippen LogP contribution is -2.29. The van der Waals surface area contributed by atoms with Crippen LogP contribution in [0.1, 0.15) is 25.0 Å². The summed E-state index contributed by atoms with van der Waals surface area (Å²) in [6.45, 7) is 4.90. The van der Waals surface area contributed by atoms with E-state index in [9.17, 15) is 14.4 Å². The molecule has 27 heavy (non-hydrogen) atoms. The zero-order valence-corrected chi connectivity index (χ0v) is 15.5. The summed E-state index contributed by atoms with van der Waals surface area (Å²) >= 11 is 0. The number of rotatable bonds is 6. The number of nitrogens with one attached hydrogen (secondary N) is 2. The third kappa shape index (κ3) is 6.78. The lowest BCUT2D eigenvalue weighted by molar-refractivity contribution is -0.148. The maximum atomic E-state index is 12.1. The van der Waals surface area contributed by atoms with Crippen molar-refractivity contribution in [2.75, 3.05) is 10.6 Å². The monoisotopic (exact) mass is 366 g/mol. The average molecular weight is 366 g/mol. The number of carbonyl (C=O) groups excluding carboxylic acids is 3. The fraction of sp³-hybridized carbons (Fsp3) is 0.190. The second-order valence-electron chi connectivity index (χ2n) is 6.07. The summed E-state index contributed by atoms with van der Waals surface area (Å²) in [5, 5.41) is 5.29. The first-order valence-corrected chi connectivity index (χ1v) is 8.47. The topological polar surface area (TPSA) is 84.5 Å². The summed E-state index contributed by atoms with van der Waals surface area (Å²) in [5.74, 6) is -1.22. The second-order valence-corrected chi connectivity index (χ2v) is 6.07. The molecule has 2 aromatic rings. The van der Waals surface area contributed by atoms with E-state index in [0.29, 0.717) is 11.4 Å². The fourth-order valence-corrected chi connectivity index (χ4v) is 2.19. The minimum absolute atomic E-state index is 0.175. The molecule has 2 N–H and O–H groups in total. The normalized spacial score (nSPS) is 11.7. The summed E-state index contributed by atoms with van der Waals surface area (Å²) in [6, 6.07) is 14.3. The van der Waals surface area contributed by atoms with Gasteiger partial charge in [-0.05, 0) is 49.8 Å². The largest absolute Gasteiger partial charge is 0.449 e. The minimum Gasteiger partial charge on any atom is -0.449 e. The standard InChI is InChI=1S/C21H22N2O4/c1-14-4-6-17(7-5-14)8-13-20(25)27-15(2)21(26)23-19-11-9-18(10-12-19)22-16(3)24/h4-13,15H,1-3H3,(H,22,24)(H,23,26)/b13-8+/t15-/m1/s1. The highest BCUT2D eigenvalue weighted by Gasteiger charge is 2.16. The molecule has 0 aromatic heterocycles. The number of aryl methyl sites for hydroxylation is 1. The molecular formula is C21H22N2O4. The van der Waals surface area contributed by atoms with Crippen LogP contribution in [0.2, 0.25) is 0 Å². The molecule has 6 nitrogen and oxygen atoms in total. The summed E-state index contributed by atoms with van der Waals surface area (Å²) in [5.41, 5.74) is 3.16. The van der Waals surface area contributed by atoms with Crippen molar-refractivity contribution >= 4 is 35.2 Å². The molecule has 140 valence electrons. The van der Waals surface area contributed by atoms with Crippen LogP contribution in [0, 0.1) is 6.92 Å². The lowest BCUT2D eigenvalue weighted by atomic mass is 10.1. The Morgan fingerprint density at radius 3 is 2.04 bits per heavy atom. The van der Waals surface area contributed by atoms with Crippen LogP contribution in [0.15, 0.2) is 54.6 Å². The molecule has 1 atom stereocenters. The van der Waals surface area contributed by atoms with Crippen LogP contribution in [0.25, 0.3) is 6.08 Å². The van der Waals surface area contributed by atoms with Gasteiger partial charge < -0.3 is 15.4 Å². The van der Waals surface area contributed by atoms with Gasteiger partial charge in [0.1, 0.15) is 0 Å². The Morgan fingerprint density at radius 2 is 1.48 bits per heavy atom. The lowest BCUT2D eigenvalue weighted by Gasteiger charge is -2.12. The van der Waals surface area contributed by atoms with Crippen molar-refractivity contribution in [3.05, 3.63) is 65.7 Å². The Bertz CT molecular complexity index is 839. The fourth-order valence-electron chi connectivity index (χ4n) is 2.19. The average Bonchev–Trinajstić information content (AvgIpc) is 2.62. The van der Waals surface area contributed by atoms with Crippen molar-refractivity contribution in [2.24, 2.45) is 0 Å². The zero-order chi connectivity index (χ0) is 19.8. The van der Waals surface area contributed by atoms with Gasteiger partial charge in [-0.15, -0.1) is 0 Å². The van der Waals surface area contributed by atoms with Crippen LogP contribution >= 0.6 is 0 Å². The van der Waals surface area contributed by atoms with Crippen LogP contribution in [0.3, 0.4) is 0 Å². The third-order valence-electron chi connectivity index (χ3n) is 3.62. The molecule has 6 heteroatoms. The molecule has 0 bridgehead atoms. The predicted octanol–water partition coefficient (Wildman–Crippen LogP) is 3.54. The molecule has 0 fully saturated rings. The van der Waals surface area contributed by atoms with Gasteiger partial charge in [-0.3, -0.25) is 9.59 Å². The van der Waals surface area contributed by atoms with E-state index in [-0.39, 0.29) is 5.91 Å². The molecule has 0 aliphatic heterocycles. The molecule has 2 aromatic carbocycles. The van der Waals surface area contributed by atoms with Gasteiger partial charge in [0.15, 0.2) is 6.10 Å². The summed E-state index contributed by atoms with van der Waals surface area (Å²) in [4.78, 5) is 35.0. The van der Waals surface area contributed by atoms with E-state index in [2.05, 4.69) is 10.6 Å². The SMILES string of the molecule is CC(=O)Nc1ccc(NC(=O)[C@@H](C)OC(=O)/C=C/c2ccc(C)cc2)cc1. The van der Waals surface area contributed by atoms with Crippen LogP contribution < -0.4 is 10.6 Å². The molecule has 0 spiro atoms. The van der Waals surface area contributed by atoms with Crippen molar-refractivity contribution in [2.45, 2.75) is 26.9 Å². The number of hydrogen-bond acceptors (Lipinski definition) is 4. The molecule has 0 aliphatic rings. The number of carbonyl (C=O) groups is 3. The van der Waals surface area contributed by atoms with Crippen molar-refractivity contribution in [3.8, 4) is 0 Å². The quantitative estimate of drug-likeness (QED) is 0.605. The Balaban J connectivity index is 1.86. The summed E-state index contributed by atoms with van der Waals surface area (Å²) < 4.78 is 5.11. The minimum atomic E-state index is -0.949. The second kappa shape index (κ2) is 9.33. The number of ether oxygens (including phenoxy) is 1. The molecule has 0 radical (unpaired) electrons. The van der Waals surface area contributed by atoms with E-state index in [1.54, 1.807) is 30.3 Å². The highest BCUT2D eigenvalue weighted by molar-refractivity contribution is 5.97. The maximum Gasteiger partial charge on any atom is 0.331 e. The van der Waals surface area contributed by atoms with E-state index in [0.717, 1.165) is 11.1 Å². The number of amides is 2. The Hall–Kier alpha value is -3.41. The van der Waals surface area contributed by atoms with Crippen LogP contribution in [0.5, 0.6) is 0 Å². The smallest absolute Gasteiger partial charge is 0.331 e. The van der Waals surface area contributed by atoms with Gasteiger partial charge in [-0.1, -0.05) is 29.8 Å². The van der Waals surface area contributed by atoms with Gasteiger partial charge in [0, 0.05) is 24.4 Å². The molecular weight excluding hydrogens is 344 g/mol. The van der Waals surface area contributed by atoms with Crippen LogP contribution in [-0.2, 0) is 19.1 Å². The molecule has 2 rings (SSSR count). The summed E-state index contributed by atoms with van der Waals surface area (Å²) in [6.07, 6.45) is 1.97. The van der Waals surface area contributed by atoms with Gasteiger partial charge in [0.2, 0.25) is 5.91 Å². The maximum absolute atomic E-state index is 12.1. The predicted molar refractivity (Wildman–Crippen MR) is 105 cm³/mol. The van der Waals surface area contributed by atoms with Gasteiger partial charge in [-0.2, -0.15) is 0 Å². The van der Waals surface area contributed by atoms with E-state index in [1.165, 1.54) is 19.9 Å². The number of benzene rings is 2. The first kappa shape index (κ1) is 19.9. The molecule has 0 aliphatic carbocycles. The third-order valence-corrected chi connectivity index (χ3v) is 3.62. The van der Waals surface area contributed by atoms with Crippen molar-refractivity contribution in [1.29, 1.82) is 0 Å². The molecule has 0 heterocycles. The van der Waals surface area contributed by atoms with E-state index >= 15 is 0 Å². The summed E-state index contributed by atoms with van der Waals surface area (Å²) in [7, 11) is 0. The highest BCUT2D eigenvalue weighted by Crippen LogP contribution is 2.14. The number of hydrogen-bond donors (Lipinski definition) is 2. The van der Waals surface area contributed by atoms with Gasteiger partial charge in [-0.25, -0.2) is 4.79 Å². The van der Waals surface area contributed by atoms with Crippen molar-refractivity contribution in [1.82, 2.24) is 0 Å². The molecule has 0 saturated carbocycles. The number of esters is 1.